The summed E-state index contributed by atoms with van der Waals surface area (Å²) in [5.74, 6) is -1.10. The molecule has 0 aromatic carbocycles. The maximum atomic E-state index is 11.8. The molecule has 1 atom stereocenters. The predicted octanol–water partition coefficient (Wildman–Crippen LogP) is 1.01. The normalized spacial score (nSPS) is 18.9. The van der Waals surface area contributed by atoms with Crippen LogP contribution in [0.2, 0.25) is 0 Å². The molecule has 1 aliphatic rings. The summed E-state index contributed by atoms with van der Waals surface area (Å²) in [6.07, 6.45) is 1.38. The zero-order valence-electron chi connectivity index (χ0n) is 10.2. The molecule has 8 heteroatoms. The molecule has 1 fully saturated rings. The fourth-order valence-corrected chi connectivity index (χ4v) is 2.50. The Morgan fingerprint density at radius 1 is 1.63 bits per heavy atom. The number of carboxylic acid groups (broad SMARTS) is 1. The van der Waals surface area contributed by atoms with Crippen molar-refractivity contribution in [2.24, 2.45) is 5.92 Å². The third-order valence-corrected chi connectivity index (χ3v) is 3.71. The number of rotatable bonds is 4. The molecule has 1 aromatic rings. The zero-order chi connectivity index (χ0) is 14.0. The Morgan fingerprint density at radius 2 is 2.37 bits per heavy atom. The van der Waals surface area contributed by atoms with Gasteiger partial charge in [0.15, 0.2) is 5.12 Å². The van der Waals surface area contributed by atoms with Crippen LogP contribution < -0.4 is 4.90 Å². The topological polar surface area (TPSA) is 101 Å². The van der Waals surface area contributed by atoms with E-state index in [1.165, 1.54) is 23.6 Å². The van der Waals surface area contributed by atoms with Gasteiger partial charge in [-0.3, -0.25) is 14.5 Å². The highest BCUT2D eigenvalue weighted by Gasteiger charge is 2.33. The van der Waals surface area contributed by atoms with E-state index in [0.29, 0.717) is 18.7 Å². The van der Waals surface area contributed by atoms with Gasteiger partial charge >= 0.3 is 12.0 Å². The molecule has 2 rings (SSSR count). The second-order valence-corrected chi connectivity index (χ2v) is 5.39. The minimum atomic E-state index is -1.23. The zero-order valence-corrected chi connectivity index (χ0v) is 11.0. The Kier molecular flexibility index (Phi) is 3.89. The number of hydrogen-bond donors (Lipinski definition) is 1. The monoisotopic (exact) mass is 284 g/mol. The minimum Gasteiger partial charge on any atom is -0.475 e. The van der Waals surface area contributed by atoms with Crippen LogP contribution in [0.5, 0.6) is 0 Å². The molecule has 1 aromatic heterocycles. The SMILES string of the molecule is CC(=O)SCC1CC(=O)N(c2ncc(C(=O)O)o2)C1. The summed E-state index contributed by atoms with van der Waals surface area (Å²) in [6.45, 7) is 1.87. The number of carbonyl (C=O) groups excluding carboxylic acids is 2. The number of anilines is 1. The van der Waals surface area contributed by atoms with Crippen molar-refractivity contribution >= 4 is 34.8 Å². The Balaban J connectivity index is 2.02. The molecule has 1 aliphatic heterocycles. The van der Waals surface area contributed by atoms with Crippen molar-refractivity contribution in [3.8, 4) is 0 Å². The number of nitrogens with zero attached hydrogens (tertiary/aromatic N) is 2. The standard InChI is InChI=1S/C11H12N2O5S/c1-6(14)19-5-7-2-9(15)13(4-7)11-12-3-8(18-11)10(16)17/h3,7H,2,4-5H2,1H3,(H,16,17). The first kappa shape index (κ1) is 13.6. The quantitative estimate of drug-likeness (QED) is 0.880. The molecule has 0 aliphatic carbocycles. The summed E-state index contributed by atoms with van der Waals surface area (Å²) >= 11 is 1.17. The Bertz CT molecular complexity index is 527. The van der Waals surface area contributed by atoms with E-state index in [2.05, 4.69) is 4.98 Å². The molecular weight excluding hydrogens is 272 g/mol. The van der Waals surface area contributed by atoms with E-state index >= 15 is 0 Å². The molecule has 1 saturated heterocycles. The van der Waals surface area contributed by atoms with Gasteiger partial charge in [-0.05, 0) is 5.92 Å². The van der Waals surface area contributed by atoms with Crippen LogP contribution in [-0.2, 0) is 9.59 Å². The average molecular weight is 284 g/mol. The van der Waals surface area contributed by atoms with Gasteiger partial charge in [-0.2, -0.15) is 0 Å². The first-order chi connectivity index (χ1) is 8.97. The third-order valence-electron chi connectivity index (χ3n) is 2.66. The van der Waals surface area contributed by atoms with E-state index in [0.717, 1.165) is 6.20 Å². The lowest BCUT2D eigenvalue weighted by Crippen LogP contribution is -2.25. The van der Waals surface area contributed by atoms with Gasteiger partial charge in [0.2, 0.25) is 11.7 Å². The highest BCUT2D eigenvalue weighted by molar-refractivity contribution is 8.13. The Hall–Kier alpha value is -1.83. The summed E-state index contributed by atoms with van der Waals surface area (Å²) in [4.78, 5) is 38.4. The van der Waals surface area contributed by atoms with Crippen molar-refractivity contribution < 1.29 is 23.9 Å². The van der Waals surface area contributed by atoms with Gasteiger partial charge in [0.25, 0.3) is 0 Å². The maximum Gasteiger partial charge on any atom is 0.373 e. The molecule has 0 bridgehead atoms. The van der Waals surface area contributed by atoms with Gasteiger partial charge in [0.1, 0.15) is 0 Å². The number of aromatic nitrogens is 1. The molecule has 7 nitrogen and oxygen atoms in total. The van der Waals surface area contributed by atoms with Gasteiger partial charge in [0.05, 0.1) is 6.20 Å². The predicted molar refractivity (Wildman–Crippen MR) is 67.1 cm³/mol. The summed E-state index contributed by atoms with van der Waals surface area (Å²) in [5, 5.41) is 8.74. The molecule has 1 N–H and O–H groups in total. The van der Waals surface area contributed by atoms with Crippen LogP contribution in [0.15, 0.2) is 10.6 Å². The molecule has 0 radical (unpaired) electrons. The third kappa shape index (κ3) is 3.14. The van der Waals surface area contributed by atoms with Crippen molar-refractivity contribution in [1.29, 1.82) is 0 Å². The molecule has 2 heterocycles. The van der Waals surface area contributed by atoms with E-state index < -0.39 is 5.97 Å². The lowest BCUT2D eigenvalue weighted by molar-refractivity contribution is -0.117. The van der Waals surface area contributed by atoms with Crippen LogP contribution in [0.1, 0.15) is 23.9 Å². The first-order valence-electron chi connectivity index (χ1n) is 5.60. The number of hydrogen-bond acceptors (Lipinski definition) is 6. The number of carboxylic acids is 1. The van der Waals surface area contributed by atoms with Crippen LogP contribution in [0.25, 0.3) is 0 Å². The van der Waals surface area contributed by atoms with E-state index in [1.54, 1.807) is 0 Å². The second kappa shape index (κ2) is 5.43. The van der Waals surface area contributed by atoms with E-state index in [9.17, 15) is 14.4 Å². The summed E-state index contributed by atoms with van der Waals surface area (Å²) in [7, 11) is 0. The van der Waals surface area contributed by atoms with Crippen LogP contribution in [0.3, 0.4) is 0 Å². The van der Waals surface area contributed by atoms with E-state index in [1.807, 2.05) is 0 Å². The lowest BCUT2D eigenvalue weighted by atomic mass is 10.1. The van der Waals surface area contributed by atoms with Crippen LogP contribution >= 0.6 is 11.8 Å². The minimum absolute atomic E-state index is 0.00211. The molecule has 0 saturated carbocycles. The van der Waals surface area contributed by atoms with E-state index in [4.69, 9.17) is 9.52 Å². The van der Waals surface area contributed by atoms with E-state index in [-0.39, 0.29) is 28.7 Å². The molecular formula is C11H12N2O5S. The van der Waals surface area contributed by atoms with Gasteiger partial charge in [-0.15, -0.1) is 0 Å². The molecule has 0 spiro atoms. The van der Waals surface area contributed by atoms with Crippen LogP contribution in [0, 0.1) is 5.92 Å². The van der Waals surface area contributed by atoms with Crippen LogP contribution in [-0.4, -0.2) is 39.4 Å². The van der Waals surface area contributed by atoms with Gasteiger partial charge < -0.3 is 9.52 Å². The fraction of sp³-hybridized carbons (Fsp3) is 0.455. The number of aromatic carboxylic acids is 1. The molecule has 1 amide bonds. The molecule has 19 heavy (non-hydrogen) atoms. The van der Waals surface area contributed by atoms with Gasteiger partial charge in [-0.1, -0.05) is 11.8 Å². The summed E-state index contributed by atoms with van der Waals surface area (Å²) in [6, 6.07) is -0.00211. The summed E-state index contributed by atoms with van der Waals surface area (Å²) in [5.41, 5.74) is 0. The molecule has 102 valence electrons. The molecule has 1 unspecified atom stereocenters. The van der Waals surface area contributed by atoms with Crippen molar-refractivity contribution in [1.82, 2.24) is 4.98 Å². The van der Waals surface area contributed by atoms with Crippen molar-refractivity contribution in [3.05, 3.63) is 12.0 Å². The highest BCUT2D eigenvalue weighted by Crippen LogP contribution is 2.27. The van der Waals surface area contributed by atoms with Crippen molar-refractivity contribution in [3.63, 3.8) is 0 Å². The maximum absolute atomic E-state index is 11.8. The Morgan fingerprint density at radius 3 is 2.95 bits per heavy atom. The second-order valence-electron chi connectivity index (χ2n) is 4.19. The first-order valence-corrected chi connectivity index (χ1v) is 6.58. The average Bonchev–Trinajstić information content (AvgIpc) is 2.92. The highest BCUT2D eigenvalue weighted by atomic mass is 32.2. The lowest BCUT2D eigenvalue weighted by Gasteiger charge is -2.11. The number of thioether (sulfide) groups is 1. The van der Waals surface area contributed by atoms with Crippen molar-refractivity contribution in [2.45, 2.75) is 13.3 Å². The van der Waals surface area contributed by atoms with Gasteiger partial charge in [-0.25, -0.2) is 9.78 Å². The number of amides is 1. The summed E-state index contributed by atoms with van der Waals surface area (Å²) < 4.78 is 4.99. The fourth-order valence-electron chi connectivity index (χ4n) is 1.80. The largest absolute Gasteiger partial charge is 0.475 e. The number of oxazole rings is 1. The number of carbonyl (C=O) groups is 3. The van der Waals surface area contributed by atoms with Gasteiger partial charge in [0, 0.05) is 25.6 Å². The van der Waals surface area contributed by atoms with Crippen LogP contribution in [0.4, 0.5) is 6.01 Å². The van der Waals surface area contributed by atoms with Crippen molar-refractivity contribution in [2.75, 3.05) is 17.2 Å². The Labute approximate surface area is 113 Å². The smallest absolute Gasteiger partial charge is 0.373 e.